The Morgan fingerprint density at radius 3 is 3.03 bits per heavy atom. The summed E-state index contributed by atoms with van der Waals surface area (Å²) in [6.45, 7) is 2.37. The fourth-order valence-electron chi connectivity index (χ4n) is 4.25. The number of amides is 1. The molecule has 9 heteroatoms. The minimum Gasteiger partial charge on any atom is -0.390 e. The molecule has 0 aliphatic heterocycles. The van der Waals surface area contributed by atoms with E-state index < -0.39 is 5.60 Å². The van der Waals surface area contributed by atoms with Crippen LogP contribution < -0.4 is 5.32 Å². The lowest BCUT2D eigenvalue weighted by Gasteiger charge is -2.37. The van der Waals surface area contributed by atoms with E-state index in [2.05, 4.69) is 25.6 Å². The molecule has 1 aliphatic rings. The summed E-state index contributed by atoms with van der Waals surface area (Å²) in [4.78, 5) is 17.9. The molecule has 4 heterocycles. The molecule has 160 valence electrons. The van der Waals surface area contributed by atoms with E-state index in [1.54, 1.807) is 23.1 Å². The van der Waals surface area contributed by atoms with E-state index in [0.717, 1.165) is 53.6 Å². The second-order valence-corrected chi connectivity index (χ2v) is 9.28. The summed E-state index contributed by atoms with van der Waals surface area (Å²) in [5, 5.41) is 26.7. The highest BCUT2D eigenvalue weighted by molar-refractivity contribution is 7.12. The third-order valence-electron chi connectivity index (χ3n) is 6.20. The average molecular weight is 437 g/mol. The first kappa shape index (κ1) is 19.9. The number of nitrogens with zero attached hydrogens (tertiary/aromatic N) is 4. The van der Waals surface area contributed by atoms with Crippen molar-refractivity contribution in [2.24, 2.45) is 5.92 Å². The van der Waals surface area contributed by atoms with Gasteiger partial charge in [0.15, 0.2) is 5.65 Å². The van der Waals surface area contributed by atoms with Crippen LogP contribution in [0.5, 0.6) is 0 Å². The van der Waals surface area contributed by atoms with Gasteiger partial charge in [-0.1, -0.05) is 12.8 Å². The van der Waals surface area contributed by atoms with Crippen LogP contribution in [0.2, 0.25) is 0 Å². The fourth-order valence-corrected chi connectivity index (χ4v) is 5.07. The van der Waals surface area contributed by atoms with E-state index in [1.165, 1.54) is 11.3 Å². The predicted molar refractivity (Wildman–Crippen MR) is 119 cm³/mol. The van der Waals surface area contributed by atoms with Crippen molar-refractivity contribution in [3.63, 3.8) is 0 Å². The number of rotatable bonds is 5. The number of hydrogen-bond donors (Lipinski definition) is 3. The van der Waals surface area contributed by atoms with E-state index in [-0.39, 0.29) is 11.8 Å². The zero-order chi connectivity index (χ0) is 21.4. The minimum absolute atomic E-state index is 0.0953. The summed E-state index contributed by atoms with van der Waals surface area (Å²) in [6.07, 6.45) is 12.9. The van der Waals surface area contributed by atoms with Crippen LogP contribution in [0.25, 0.3) is 27.9 Å². The van der Waals surface area contributed by atoms with Crippen molar-refractivity contribution in [3.8, 4) is 22.3 Å². The van der Waals surface area contributed by atoms with Gasteiger partial charge in [0.05, 0.1) is 22.9 Å². The first-order valence-electron chi connectivity index (χ1n) is 10.4. The molecule has 4 aromatic heterocycles. The molecule has 1 saturated carbocycles. The molecule has 0 radical (unpaired) electrons. The van der Waals surface area contributed by atoms with Gasteiger partial charge < -0.3 is 10.4 Å². The van der Waals surface area contributed by atoms with Gasteiger partial charge in [0.25, 0.3) is 5.91 Å². The number of carbonyl (C=O) groups is 1. The molecule has 0 saturated heterocycles. The Kier molecular flexibility index (Phi) is 5.07. The standard InChI is InChI=1S/C22H24N6O2S/c1-22(30)5-3-2-4-17(22)10-24-21(29)19-6-14(13-31-19)18-11-27-28-12-16(7-23-20(18)28)15-8-25-26-9-15/h6-9,11-13,17,30H,2-5,10H2,1H3,(H,24,29)(H,25,26)/t17-,22-/m1/s1. The Bertz CT molecular complexity index is 1210. The first-order chi connectivity index (χ1) is 15.0. The number of carbonyl (C=O) groups excluding carboxylic acids is 1. The number of aromatic nitrogens is 5. The van der Waals surface area contributed by atoms with E-state index in [0.29, 0.717) is 11.4 Å². The van der Waals surface area contributed by atoms with Gasteiger partial charge in [0.1, 0.15) is 0 Å². The molecule has 0 unspecified atom stereocenters. The van der Waals surface area contributed by atoms with E-state index in [1.807, 2.05) is 30.8 Å². The largest absolute Gasteiger partial charge is 0.390 e. The van der Waals surface area contributed by atoms with Gasteiger partial charge in [-0.05, 0) is 36.8 Å². The lowest BCUT2D eigenvalue weighted by molar-refractivity contribution is -0.0301. The molecular weight excluding hydrogens is 412 g/mol. The van der Waals surface area contributed by atoms with Crippen LogP contribution in [0.1, 0.15) is 42.3 Å². The first-order valence-corrected chi connectivity index (χ1v) is 11.3. The van der Waals surface area contributed by atoms with Crippen molar-refractivity contribution in [2.45, 2.75) is 38.2 Å². The maximum absolute atomic E-state index is 12.7. The molecule has 4 aromatic rings. The zero-order valence-electron chi connectivity index (χ0n) is 17.2. The second-order valence-electron chi connectivity index (χ2n) is 8.37. The minimum atomic E-state index is -0.704. The Hall–Kier alpha value is -3.04. The van der Waals surface area contributed by atoms with E-state index in [4.69, 9.17) is 0 Å². The highest BCUT2D eigenvalue weighted by atomic mass is 32.1. The van der Waals surface area contributed by atoms with Gasteiger partial charge in [0.2, 0.25) is 0 Å². The summed E-state index contributed by atoms with van der Waals surface area (Å²) in [7, 11) is 0. The molecule has 0 aromatic carbocycles. The topological polar surface area (TPSA) is 108 Å². The summed E-state index contributed by atoms with van der Waals surface area (Å²) < 4.78 is 1.74. The van der Waals surface area contributed by atoms with Gasteiger partial charge in [0, 0.05) is 47.7 Å². The molecule has 0 bridgehead atoms. The molecule has 5 rings (SSSR count). The number of aliphatic hydroxyl groups is 1. The number of nitrogens with one attached hydrogen (secondary N) is 2. The molecule has 0 spiro atoms. The molecule has 1 fully saturated rings. The number of thiophene rings is 1. The maximum atomic E-state index is 12.7. The molecule has 8 nitrogen and oxygen atoms in total. The lowest BCUT2D eigenvalue weighted by atomic mass is 9.76. The summed E-state index contributed by atoms with van der Waals surface area (Å²) in [5.74, 6) is -0.0119. The van der Waals surface area contributed by atoms with Crippen molar-refractivity contribution in [2.75, 3.05) is 6.54 Å². The summed E-state index contributed by atoms with van der Waals surface area (Å²) in [5.41, 5.74) is 3.68. The van der Waals surface area contributed by atoms with Crippen molar-refractivity contribution >= 4 is 22.9 Å². The monoisotopic (exact) mass is 436 g/mol. The zero-order valence-corrected chi connectivity index (χ0v) is 18.0. The summed E-state index contributed by atoms with van der Waals surface area (Å²) >= 11 is 1.40. The van der Waals surface area contributed by atoms with E-state index in [9.17, 15) is 9.90 Å². The molecule has 31 heavy (non-hydrogen) atoms. The SMILES string of the molecule is C[C@@]1(O)CCCC[C@@H]1CNC(=O)c1cc(-c2cnn3cc(-c4cn[nH]c4)cnc23)cs1. The van der Waals surface area contributed by atoms with Gasteiger partial charge in [-0.2, -0.15) is 10.2 Å². The normalized spacial score (nSPS) is 21.4. The third kappa shape index (κ3) is 3.86. The van der Waals surface area contributed by atoms with Crippen molar-refractivity contribution in [3.05, 3.63) is 47.3 Å². The smallest absolute Gasteiger partial charge is 0.261 e. The van der Waals surface area contributed by atoms with Crippen molar-refractivity contribution in [1.82, 2.24) is 30.1 Å². The van der Waals surface area contributed by atoms with Crippen LogP contribution in [0.3, 0.4) is 0 Å². The van der Waals surface area contributed by atoms with Crippen LogP contribution in [0.15, 0.2) is 42.4 Å². The molecule has 1 amide bonds. The second kappa shape index (κ2) is 7.90. The average Bonchev–Trinajstić information content (AvgIpc) is 3.52. The molecular formula is C22H24N6O2S. The number of H-pyrrole nitrogens is 1. The number of hydrogen-bond acceptors (Lipinski definition) is 6. The highest BCUT2D eigenvalue weighted by Gasteiger charge is 2.34. The van der Waals surface area contributed by atoms with E-state index >= 15 is 0 Å². The van der Waals surface area contributed by atoms with Crippen LogP contribution in [0, 0.1) is 5.92 Å². The van der Waals surface area contributed by atoms with Crippen molar-refractivity contribution < 1.29 is 9.90 Å². The Morgan fingerprint density at radius 2 is 2.23 bits per heavy atom. The number of aromatic amines is 1. The maximum Gasteiger partial charge on any atom is 0.261 e. The van der Waals surface area contributed by atoms with Gasteiger partial charge in [-0.15, -0.1) is 11.3 Å². The molecule has 1 aliphatic carbocycles. The van der Waals surface area contributed by atoms with Crippen LogP contribution in [-0.2, 0) is 0 Å². The van der Waals surface area contributed by atoms with Gasteiger partial charge in [-0.25, -0.2) is 9.50 Å². The van der Waals surface area contributed by atoms with Gasteiger partial charge in [-0.3, -0.25) is 9.89 Å². The Labute approximate surface area is 183 Å². The van der Waals surface area contributed by atoms with Crippen LogP contribution in [0.4, 0.5) is 0 Å². The van der Waals surface area contributed by atoms with Gasteiger partial charge >= 0.3 is 0 Å². The third-order valence-corrected chi connectivity index (χ3v) is 7.13. The quantitative estimate of drug-likeness (QED) is 0.444. The molecule has 3 N–H and O–H groups in total. The highest BCUT2D eigenvalue weighted by Crippen LogP contribution is 2.33. The fraction of sp³-hybridized carbons (Fsp3) is 0.364. The lowest BCUT2D eigenvalue weighted by Crippen LogP contribution is -2.44. The van der Waals surface area contributed by atoms with Crippen LogP contribution >= 0.6 is 11.3 Å². The Morgan fingerprint density at radius 1 is 1.32 bits per heavy atom. The predicted octanol–water partition coefficient (Wildman–Crippen LogP) is 3.52. The Balaban J connectivity index is 1.32. The van der Waals surface area contributed by atoms with Crippen LogP contribution in [-0.4, -0.2) is 48.0 Å². The van der Waals surface area contributed by atoms with Crippen molar-refractivity contribution in [1.29, 1.82) is 0 Å². The summed E-state index contributed by atoms with van der Waals surface area (Å²) in [6, 6.07) is 1.88. The number of fused-ring (bicyclic) bond motifs is 1. The molecule has 2 atom stereocenters.